The Morgan fingerprint density at radius 2 is 2.12 bits per heavy atom. The second-order valence-corrected chi connectivity index (χ2v) is 6.89. The van der Waals surface area contributed by atoms with Crippen LogP contribution >= 0.6 is 12.4 Å². The van der Waals surface area contributed by atoms with Crippen LogP contribution in [0.1, 0.15) is 37.4 Å². The quantitative estimate of drug-likeness (QED) is 0.749. The van der Waals surface area contributed by atoms with E-state index in [1.54, 1.807) is 0 Å². The van der Waals surface area contributed by atoms with Crippen molar-refractivity contribution in [3.05, 3.63) is 23.8 Å². The first-order valence-corrected chi connectivity index (χ1v) is 8.64. The SMILES string of the molecule is Cc1cc(-c2nc(C3CNCCN3C)no2)c2cnn(C(C)C)c2n1.Cl. The van der Waals surface area contributed by atoms with E-state index in [9.17, 15) is 0 Å². The molecule has 0 aromatic carbocycles. The summed E-state index contributed by atoms with van der Waals surface area (Å²) in [6.45, 7) is 8.92. The van der Waals surface area contributed by atoms with E-state index in [0.717, 1.165) is 41.9 Å². The minimum absolute atomic E-state index is 0. The highest BCUT2D eigenvalue weighted by molar-refractivity contribution is 5.90. The molecule has 3 aromatic rings. The Morgan fingerprint density at radius 3 is 2.85 bits per heavy atom. The van der Waals surface area contributed by atoms with Gasteiger partial charge >= 0.3 is 0 Å². The number of aromatic nitrogens is 5. The number of hydrogen-bond acceptors (Lipinski definition) is 7. The molecule has 1 aliphatic rings. The third-order valence-corrected chi connectivity index (χ3v) is 4.67. The van der Waals surface area contributed by atoms with Gasteiger partial charge in [-0.2, -0.15) is 10.1 Å². The molecule has 0 radical (unpaired) electrons. The van der Waals surface area contributed by atoms with Crippen molar-refractivity contribution in [3.63, 3.8) is 0 Å². The van der Waals surface area contributed by atoms with Crippen molar-refractivity contribution in [3.8, 4) is 11.5 Å². The van der Waals surface area contributed by atoms with Gasteiger partial charge < -0.3 is 9.84 Å². The Balaban J connectivity index is 0.00000196. The van der Waals surface area contributed by atoms with E-state index in [4.69, 9.17) is 4.52 Å². The van der Waals surface area contributed by atoms with Crippen LogP contribution in [-0.4, -0.2) is 56.5 Å². The van der Waals surface area contributed by atoms with Gasteiger partial charge in [-0.1, -0.05) is 5.16 Å². The molecular weight excluding hydrogens is 354 g/mol. The van der Waals surface area contributed by atoms with Gasteiger partial charge in [-0.15, -0.1) is 12.4 Å². The zero-order chi connectivity index (χ0) is 17.6. The molecule has 0 amide bonds. The summed E-state index contributed by atoms with van der Waals surface area (Å²) in [5.74, 6) is 1.23. The number of rotatable bonds is 3. The third-order valence-electron chi connectivity index (χ3n) is 4.67. The fraction of sp³-hybridized carbons (Fsp3) is 0.529. The van der Waals surface area contributed by atoms with Gasteiger partial charge in [0.1, 0.15) is 0 Å². The summed E-state index contributed by atoms with van der Waals surface area (Å²) >= 11 is 0. The second kappa shape index (κ2) is 7.30. The second-order valence-electron chi connectivity index (χ2n) is 6.89. The number of pyridine rings is 1. The van der Waals surface area contributed by atoms with Crippen LogP contribution in [0.3, 0.4) is 0 Å². The van der Waals surface area contributed by atoms with Gasteiger partial charge in [0.2, 0.25) is 0 Å². The van der Waals surface area contributed by atoms with E-state index in [1.807, 2.05) is 23.9 Å². The number of halogens is 1. The average Bonchev–Trinajstić information content (AvgIpc) is 3.21. The molecule has 1 N–H and O–H groups in total. The van der Waals surface area contributed by atoms with Crippen molar-refractivity contribution in [1.82, 2.24) is 35.1 Å². The van der Waals surface area contributed by atoms with Crippen LogP contribution in [0, 0.1) is 6.92 Å². The molecule has 1 fully saturated rings. The van der Waals surface area contributed by atoms with Gasteiger partial charge in [0.15, 0.2) is 11.5 Å². The van der Waals surface area contributed by atoms with Crippen molar-refractivity contribution < 1.29 is 4.52 Å². The largest absolute Gasteiger partial charge is 0.334 e. The molecule has 26 heavy (non-hydrogen) atoms. The van der Waals surface area contributed by atoms with Gasteiger partial charge in [0.05, 0.1) is 23.2 Å². The molecule has 4 heterocycles. The Labute approximate surface area is 158 Å². The minimum Gasteiger partial charge on any atom is -0.334 e. The van der Waals surface area contributed by atoms with Crippen molar-refractivity contribution in [2.75, 3.05) is 26.7 Å². The minimum atomic E-state index is 0. The molecule has 1 saturated heterocycles. The topological polar surface area (TPSA) is 84.9 Å². The molecule has 1 unspecified atom stereocenters. The lowest BCUT2D eigenvalue weighted by Crippen LogP contribution is -2.44. The zero-order valence-electron chi connectivity index (χ0n) is 15.4. The predicted octanol–water partition coefficient (Wildman–Crippen LogP) is 2.37. The number of nitrogens with one attached hydrogen (secondary N) is 1. The molecule has 0 bridgehead atoms. The number of hydrogen-bond donors (Lipinski definition) is 1. The molecule has 8 nitrogen and oxygen atoms in total. The van der Waals surface area contributed by atoms with E-state index in [0.29, 0.717) is 11.7 Å². The van der Waals surface area contributed by atoms with Crippen molar-refractivity contribution in [2.24, 2.45) is 0 Å². The van der Waals surface area contributed by atoms with E-state index in [2.05, 4.69) is 51.3 Å². The van der Waals surface area contributed by atoms with Crippen LogP contribution in [0.2, 0.25) is 0 Å². The Kier molecular flexibility index (Phi) is 5.27. The maximum Gasteiger partial charge on any atom is 0.258 e. The monoisotopic (exact) mass is 377 g/mol. The number of likely N-dealkylation sites (N-methyl/N-ethyl adjacent to an activating group) is 1. The molecule has 1 aliphatic heterocycles. The normalized spacial score (nSPS) is 18.4. The first-order chi connectivity index (χ1) is 12.0. The van der Waals surface area contributed by atoms with Crippen molar-refractivity contribution >= 4 is 23.4 Å². The number of fused-ring (bicyclic) bond motifs is 1. The standard InChI is InChI=1S/C17H23N7O.ClH/c1-10(2)24-16-13(8-19-24)12(7-11(3)20-16)17-21-15(22-25-17)14-9-18-5-6-23(14)4;/h7-8,10,14,18H,5-6,9H2,1-4H3;1H. The smallest absolute Gasteiger partial charge is 0.258 e. The lowest BCUT2D eigenvalue weighted by atomic mass is 10.1. The first-order valence-electron chi connectivity index (χ1n) is 8.64. The molecule has 140 valence electrons. The fourth-order valence-corrected chi connectivity index (χ4v) is 3.27. The summed E-state index contributed by atoms with van der Waals surface area (Å²) in [6, 6.07) is 2.34. The molecule has 1 atom stereocenters. The molecule has 0 spiro atoms. The zero-order valence-corrected chi connectivity index (χ0v) is 16.2. The summed E-state index contributed by atoms with van der Waals surface area (Å²) in [6.07, 6.45) is 1.83. The summed E-state index contributed by atoms with van der Waals surface area (Å²) in [5, 5.41) is 13.0. The average molecular weight is 378 g/mol. The van der Waals surface area contributed by atoms with Crippen LogP contribution in [0.4, 0.5) is 0 Å². The van der Waals surface area contributed by atoms with Crippen LogP contribution in [0.15, 0.2) is 16.8 Å². The van der Waals surface area contributed by atoms with Crippen LogP contribution in [0.5, 0.6) is 0 Å². The summed E-state index contributed by atoms with van der Waals surface area (Å²) < 4.78 is 7.52. The summed E-state index contributed by atoms with van der Waals surface area (Å²) in [7, 11) is 2.09. The molecule has 0 aliphatic carbocycles. The first kappa shape index (κ1) is 18.8. The Bertz CT molecular complexity index is 904. The number of piperazine rings is 1. The molecule has 4 rings (SSSR count). The van der Waals surface area contributed by atoms with Crippen LogP contribution < -0.4 is 5.32 Å². The van der Waals surface area contributed by atoms with Crippen molar-refractivity contribution in [2.45, 2.75) is 32.9 Å². The summed E-state index contributed by atoms with van der Waals surface area (Å²) in [4.78, 5) is 11.6. The lowest BCUT2D eigenvalue weighted by Gasteiger charge is -2.30. The van der Waals surface area contributed by atoms with E-state index in [-0.39, 0.29) is 24.5 Å². The molecular formula is C17H24ClN7O. The van der Waals surface area contributed by atoms with Gasteiger partial charge in [-0.3, -0.25) is 4.90 Å². The number of aryl methyl sites for hydroxylation is 1. The van der Waals surface area contributed by atoms with Crippen LogP contribution in [0.25, 0.3) is 22.5 Å². The van der Waals surface area contributed by atoms with Crippen molar-refractivity contribution in [1.29, 1.82) is 0 Å². The molecule has 9 heteroatoms. The summed E-state index contributed by atoms with van der Waals surface area (Å²) in [5.41, 5.74) is 2.64. The number of nitrogens with zero attached hydrogens (tertiary/aromatic N) is 6. The van der Waals surface area contributed by atoms with Gasteiger partial charge in [0.25, 0.3) is 5.89 Å². The van der Waals surface area contributed by atoms with Gasteiger partial charge in [-0.05, 0) is 33.9 Å². The lowest BCUT2D eigenvalue weighted by molar-refractivity contribution is 0.190. The highest BCUT2D eigenvalue weighted by Gasteiger charge is 2.26. The van der Waals surface area contributed by atoms with E-state index in [1.165, 1.54) is 0 Å². The highest BCUT2D eigenvalue weighted by Crippen LogP contribution is 2.30. The van der Waals surface area contributed by atoms with E-state index >= 15 is 0 Å². The van der Waals surface area contributed by atoms with Gasteiger partial charge in [-0.25, -0.2) is 9.67 Å². The fourth-order valence-electron chi connectivity index (χ4n) is 3.27. The molecule has 0 saturated carbocycles. The van der Waals surface area contributed by atoms with E-state index < -0.39 is 0 Å². The third kappa shape index (κ3) is 3.20. The maximum absolute atomic E-state index is 5.60. The Hall–Kier alpha value is -2.03. The van der Waals surface area contributed by atoms with Crippen LogP contribution in [-0.2, 0) is 0 Å². The molecule has 3 aromatic heterocycles. The Morgan fingerprint density at radius 1 is 1.31 bits per heavy atom. The predicted molar refractivity (Wildman–Crippen MR) is 101 cm³/mol. The maximum atomic E-state index is 5.60. The van der Waals surface area contributed by atoms with Gasteiger partial charge in [0, 0.05) is 31.4 Å². The highest BCUT2D eigenvalue weighted by atomic mass is 35.5.